The number of carbonyl (C=O) groups is 1. The number of ether oxygens (including phenoxy) is 1. The van der Waals surface area contributed by atoms with Crippen molar-refractivity contribution in [3.63, 3.8) is 0 Å². The van der Waals surface area contributed by atoms with Gasteiger partial charge in [-0.25, -0.2) is 0 Å². The highest BCUT2D eigenvalue weighted by Gasteiger charge is 2.13. The van der Waals surface area contributed by atoms with E-state index in [1.807, 2.05) is 39.0 Å². The smallest absolute Gasteiger partial charge is 0.239 e. The fourth-order valence-corrected chi connectivity index (χ4v) is 2.32. The molecule has 24 heavy (non-hydrogen) atoms. The molecule has 0 saturated carbocycles. The molecule has 0 atom stereocenters. The van der Waals surface area contributed by atoms with E-state index < -0.39 is 0 Å². The van der Waals surface area contributed by atoms with Gasteiger partial charge >= 0.3 is 0 Å². The van der Waals surface area contributed by atoms with E-state index in [2.05, 4.69) is 36.9 Å². The molecule has 0 heterocycles. The van der Waals surface area contributed by atoms with Crippen molar-refractivity contribution >= 4 is 51.8 Å². The molecule has 0 aliphatic rings. The molecule has 136 valence electrons. The van der Waals surface area contributed by atoms with Crippen LogP contribution in [0.2, 0.25) is 0 Å². The zero-order valence-corrected chi connectivity index (χ0v) is 18.6. The summed E-state index contributed by atoms with van der Waals surface area (Å²) in [7, 11) is 3.30. The van der Waals surface area contributed by atoms with Crippen molar-refractivity contribution in [1.29, 1.82) is 0 Å². The highest BCUT2D eigenvalue weighted by molar-refractivity contribution is 14.0. The first-order valence-corrected chi connectivity index (χ1v) is 8.12. The minimum absolute atomic E-state index is 0. The normalized spacial score (nSPS) is 11.3. The Morgan fingerprint density at radius 3 is 2.50 bits per heavy atom. The number of benzene rings is 1. The van der Waals surface area contributed by atoms with Crippen LogP contribution in [0.4, 0.5) is 0 Å². The van der Waals surface area contributed by atoms with Crippen LogP contribution < -0.4 is 20.7 Å². The van der Waals surface area contributed by atoms with Crippen molar-refractivity contribution in [2.24, 2.45) is 4.99 Å². The second-order valence-corrected chi connectivity index (χ2v) is 6.95. The average Bonchev–Trinajstić information content (AvgIpc) is 2.45. The number of aliphatic imine (C=N–C) groups is 1. The van der Waals surface area contributed by atoms with Crippen LogP contribution in [0.15, 0.2) is 27.7 Å². The van der Waals surface area contributed by atoms with Gasteiger partial charge in [-0.1, -0.05) is 15.9 Å². The maximum absolute atomic E-state index is 11.8. The SMILES string of the molecule is CN=C(NCC(=O)NC(C)(C)C)NCc1cc(Br)ccc1OC.I. The van der Waals surface area contributed by atoms with Gasteiger partial charge in [0.2, 0.25) is 5.91 Å². The lowest BCUT2D eigenvalue weighted by atomic mass is 10.1. The van der Waals surface area contributed by atoms with E-state index in [0.717, 1.165) is 15.8 Å². The van der Waals surface area contributed by atoms with Gasteiger partial charge in [0.1, 0.15) is 5.75 Å². The van der Waals surface area contributed by atoms with Gasteiger partial charge in [0.25, 0.3) is 0 Å². The zero-order valence-electron chi connectivity index (χ0n) is 14.7. The van der Waals surface area contributed by atoms with Crippen molar-refractivity contribution in [2.75, 3.05) is 20.7 Å². The van der Waals surface area contributed by atoms with Crippen LogP contribution in [0.1, 0.15) is 26.3 Å². The van der Waals surface area contributed by atoms with E-state index in [-0.39, 0.29) is 42.0 Å². The van der Waals surface area contributed by atoms with Gasteiger partial charge in [0.05, 0.1) is 13.7 Å². The van der Waals surface area contributed by atoms with Gasteiger partial charge in [-0.3, -0.25) is 9.79 Å². The fraction of sp³-hybridized carbons (Fsp3) is 0.500. The van der Waals surface area contributed by atoms with Crippen LogP contribution in [0.3, 0.4) is 0 Å². The number of methoxy groups -OCH3 is 1. The van der Waals surface area contributed by atoms with Gasteiger partial charge in [0, 0.05) is 29.2 Å². The summed E-state index contributed by atoms with van der Waals surface area (Å²) < 4.78 is 6.31. The first-order valence-electron chi connectivity index (χ1n) is 7.33. The molecule has 3 N–H and O–H groups in total. The summed E-state index contributed by atoms with van der Waals surface area (Å²) in [6, 6.07) is 5.80. The number of nitrogens with zero attached hydrogens (tertiary/aromatic N) is 1. The summed E-state index contributed by atoms with van der Waals surface area (Å²) in [5, 5.41) is 9.04. The number of halogens is 2. The molecule has 0 saturated heterocycles. The van der Waals surface area contributed by atoms with Crippen molar-refractivity contribution in [2.45, 2.75) is 32.9 Å². The molecule has 6 nitrogen and oxygen atoms in total. The molecule has 8 heteroatoms. The number of amides is 1. The molecule has 0 bridgehead atoms. The minimum atomic E-state index is -0.251. The van der Waals surface area contributed by atoms with E-state index in [1.165, 1.54) is 0 Å². The molecule has 0 unspecified atom stereocenters. The lowest BCUT2D eigenvalue weighted by Gasteiger charge is -2.21. The average molecular weight is 513 g/mol. The summed E-state index contributed by atoms with van der Waals surface area (Å²) in [4.78, 5) is 15.9. The summed E-state index contributed by atoms with van der Waals surface area (Å²) in [5.41, 5.74) is 0.739. The largest absolute Gasteiger partial charge is 0.496 e. The predicted octanol–water partition coefficient (Wildman–Crippen LogP) is 2.66. The van der Waals surface area contributed by atoms with Crippen LogP contribution in [0.25, 0.3) is 0 Å². The van der Waals surface area contributed by atoms with Crippen LogP contribution >= 0.6 is 39.9 Å². The highest BCUT2D eigenvalue weighted by Crippen LogP contribution is 2.22. The van der Waals surface area contributed by atoms with Crippen molar-refractivity contribution < 1.29 is 9.53 Å². The first-order chi connectivity index (χ1) is 10.7. The minimum Gasteiger partial charge on any atom is -0.496 e. The van der Waals surface area contributed by atoms with Crippen LogP contribution in [0, 0.1) is 0 Å². The van der Waals surface area contributed by atoms with E-state index >= 15 is 0 Å². The van der Waals surface area contributed by atoms with E-state index in [9.17, 15) is 4.79 Å². The third-order valence-corrected chi connectivity index (χ3v) is 3.34. The Morgan fingerprint density at radius 2 is 1.96 bits per heavy atom. The third-order valence-electron chi connectivity index (χ3n) is 2.84. The molecule has 0 radical (unpaired) electrons. The fourth-order valence-electron chi connectivity index (χ4n) is 1.91. The monoisotopic (exact) mass is 512 g/mol. The molecule has 0 aliphatic heterocycles. The van der Waals surface area contributed by atoms with Crippen LogP contribution in [0.5, 0.6) is 5.75 Å². The summed E-state index contributed by atoms with van der Waals surface area (Å²) in [6.45, 7) is 6.52. The Hall–Kier alpha value is -1.03. The summed E-state index contributed by atoms with van der Waals surface area (Å²) >= 11 is 3.45. The van der Waals surface area contributed by atoms with Crippen molar-refractivity contribution in [3.05, 3.63) is 28.2 Å². The quantitative estimate of drug-likeness (QED) is 0.322. The number of hydrogen-bond acceptors (Lipinski definition) is 3. The predicted molar refractivity (Wildman–Crippen MR) is 112 cm³/mol. The topological polar surface area (TPSA) is 74.8 Å². The lowest BCUT2D eigenvalue weighted by molar-refractivity contribution is -0.121. The van der Waals surface area contributed by atoms with E-state index in [0.29, 0.717) is 12.5 Å². The Labute approximate surface area is 169 Å². The molecule has 0 fully saturated rings. The van der Waals surface area contributed by atoms with Gasteiger partial charge in [0.15, 0.2) is 5.96 Å². The van der Waals surface area contributed by atoms with Gasteiger partial charge in [-0.15, -0.1) is 24.0 Å². The molecule has 1 rings (SSSR count). The molecule has 1 amide bonds. The molecule has 1 aromatic carbocycles. The number of hydrogen-bond donors (Lipinski definition) is 3. The van der Waals surface area contributed by atoms with Crippen LogP contribution in [-0.4, -0.2) is 38.1 Å². The molecule has 0 aromatic heterocycles. The Morgan fingerprint density at radius 1 is 1.29 bits per heavy atom. The summed E-state index contributed by atoms with van der Waals surface area (Å²) in [5.74, 6) is 1.26. The van der Waals surface area contributed by atoms with Crippen molar-refractivity contribution in [1.82, 2.24) is 16.0 Å². The van der Waals surface area contributed by atoms with Gasteiger partial charge < -0.3 is 20.7 Å². The molecular weight excluding hydrogens is 487 g/mol. The molecular formula is C16H26BrIN4O2. The van der Waals surface area contributed by atoms with E-state index in [4.69, 9.17) is 4.74 Å². The second kappa shape index (κ2) is 10.8. The number of carbonyl (C=O) groups excluding carboxylic acids is 1. The Kier molecular flexibility index (Phi) is 10.3. The van der Waals surface area contributed by atoms with Crippen molar-refractivity contribution in [3.8, 4) is 5.75 Å². The maximum Gasteiger partial charge on any atom is 0.239 e. The number of guanidine groups is 1. The molecule has 0 spiro atoms. The summed E-state index contributed by atoms with van der Waals surface area (Å²) in [6.07, 6.45) is 0. The number of nitrogens with one attached hydrogen (secondary N) is 3. The third kappa shape index (κ3) is 8.72. The second-order valence-electron chi connectivity index (χ2n) is 6.03. The molecule has 1 aromatic rings. The maximum atomic E-state index is 11.8. The number of rotatable bonds is 5. The Bertz CT molecular complexity index is 574. The first kappa shape index (κ1) is 23.0. The lowest BCUT2D eigenvalue weighted by Crippen LogP contribution is -2.48. The van der Waals surface area contributed by atoms with Gasteiger partial charge in [-0.2, -0.15) is 0 Å². The zero-order chi connectivity index (χ0) is 17.5. The molecule has 0 aliphatic carbocycles. The Balaban J connectivity index is 0.00000529. The standard InChI is InChI=1S/C16H25BrN4O2.HI/c1-16(2,3)21-14(22)10-20-15(18-4)19-9-11-8-12(17)6-7-13(11)23-5;/h6-8H,9-10H2,1-5H3,(H,21,22)(H2,18,19,20);1H. The van der Waals surface area contributed by atoms with E-state index in [1.54, 1.807) is 14.2 Å². The van der Waals surface area contributed by atoms with Gasteiger partial charge in [-0.05, 0) is 39.0 Å². The van der Waals surface area contributed by atoms with Crippen LogP contribution in [-0.2, 0) is 11.3 Å². The highest BCUT2D eigenvalue weighted by atomic mass is 127.